The van der Waals surface area contributed by atoms with Crippen LogP contribution >= 0.6 is 0 Å². The molecular weight excluding hydrogens is 338 g/mol. The van der Waals surface area contributed by atoms with Crippen LogP contribution in [0.2, 0.25) is 0 Å². The van der Waals surface area contributed by atoms with Crippen LogP contribution in [0.4, 0.5) is 5.69 Å². The minimum absolute atomic E-state index is 0.210. The van der Waals surface area contributed by atoms with E-state index in [-0.39, 0.29) is 5.91 Å². The Morgan fingerprint density at radius 3 is 2.63 bits per heavy atom. The van der Waals surface area contributed by atoms with Crippen molar-refractivity contribution in [3.63, 3.8) is 0 Å². The van der Waals surface area contributed by atoms with Crippen LogP contribution in [0.1, 0.15) is 40.1 Å². The van der Waals surface area contributed by atoms with Crippen molar-refractivity contribution in [2.75, 3.05) is 11.9 Å². The van der Waals surface area contributed by atoms with Gasteiger partial charge in [-0.1, -0.05) is 44.2 Å². The molecule has 1 aliphatic heterocycles. The monoisotopic (exact) mass is 363 g/mol. The largest absolute Gasteiger partial charge is 0.366 e. The second-order valence-electron chi connectivity index (χ2n) is 7.19. The topological polar surface area (TPSA) is 75.4 Å². The number of anilines is 1. The molecule has 0 unspecified atom stereocenters. The summed E-state index contributed by atoms with van der Waals surface area (Å²) >= 11 is 0. The van der Waals surface area contributed by atoms with Gasteiger partial charge in [-0.25, -0.2) is 0 Å². The third kappa shape index (κ3) is 4.63. The van der Waals surface area contributed by atoms with Crippen molar-refractivity contribution in [2.45, 2.75) is 26.4 Å². The van der Waals surface area contributed by atoms with E-state index in [9.17, 15) is 9.59 Å². The minimum Gasteiger partial charge on any atom is -0.366 e. The zero-order chi connectivity index (χ0) is 19.4. The maximum Gasteiger partial charge on any atom is 0.255 e. The standard InChI is InChI=1S/C22H25N3O2/c1-15(2)20-10-5-11-25(20)14-16-6-3-8-18(12-16)22(27)24-19-9-4-7-17(13-19)21(23)26/h3-10,12-13,15,20H,11,14H2,1-2H3,(H2,23,26)(H,24,27)/t20-/m0/s1. The number of amides is 2. The lowest BCUT2D eigenvalue weighted by molar-refractivity contribution is 0.0996. The maximum absolute atomic E-state index is 12.6. The Balaban J connectivity index is 1.70. The van der Waals surface area contributed by atoms with Gasteiger partial charge in [0.2, 0.25) is 5.91 Å². The van der Waals surface area contributed by atoms with E-state index in [1.54, 1.807) is 30.3 Å². The molecule has 1 aliphatic rings. The van der Waals surface area contributed by atoms with Crippen molar-refractivity contribution in [3.8, 4) is 0 Å². The van der Waals surface area contributed by atoms with Crippen LogP contribution in [0.5, 0.6) is 0 Å². The fourth-order valence-corrected chi connectivity index (χ4v) is 3.39. The summed E-state index contributed by atoms with van der Waals surface area (Å²) in [5.74, 6) is -0.182. The van der Waals surface area contributed by atoms with E-state index in [1.807, 2.05) is 18.2 Å². The third-order valence-electron chi connectivity index (χ3n) is 4.76. The number of nitrogens with zero attached hydrogens (tertiary/aromatic N) is 1. The highest BCUT2D eigenvalue weighted by Crippen LogP contribution is 2.21. The predicted octanol–water partition coefficient (Wildman–Crippen LogP) is 3.43. The van der Waals surface area contributed by atoms with E-state index in [1.165, 1.54) is 0 Å². The van der Waals surface area contributed by atoms with Crippen molar-refractivity contribution in [2.24, 2.45) is 11.7 Å². The van der Waals surface area contributed by atoms with Crippen molar-refractivity contribution in [3.05, 3.63) is 77.4 Å². The van der Waals surface area contributed by atoms with Gasteiger partial charge in [-0.15, -0.1) is 0 Å². The second kappa shape index (κ2) is 8.18. The normalized spacial score (nSPS) is 16.6. The minimum atomic E-state index is -0.521. The van der Waals surface area contributed by atoms with E-state index < -0.39 is 5.91 Å². The molecule has 0 bridgehead atoms. The number of benzene rings is 2. The van der Waals surface area contributed by atoms with E-state index in [2.05, 4.69) is 36.2 Å². The van der Waals surface area contributed by atoms with Gasteiger partial charge in [0.05, 0.1) is 0 Å². The summed E-state index contributed by atoms with van der Waals surface area (Å²) in [5, 5.41) is 2.83. The molecule has 3 N–H and O–H groups in total. The molecule has 5 nitrogen and oxygen atoms in total. The van der Waals surface area contributed by atoms with E-state index in [0.29, 0.717) is 28.8 Å². The first kappa shape index (κ1) is 18.9. The van der Waals surface area contributed by atoms with Crippen LogP contribution < -0.4 is 11.1 Å². The molecule has 0 saturated carbocycles. The zero-order valence-electron chi connectivity index (χ0n) is 15.7. The van der Waals surface area contributed by atoms with Crippen molar-refractivity contribution >= 4 is 17.5 Å². The van der Waals surface area contributed by atoms with Gasteiger partial charge in [0, 0.05) is 35.9 Å². The lowest BCUT2D eigenvalue weighted by Gasteiger charge is -2.27. The summed E-state index contributed by atoms with van der Waals surface area (Å²) in [5.41, 5.74) is 7.89. The molecule has 5 heteroatoms. The summed E-state index contributed by atoms with van der Waals surface area (Å²) in [6.45, 7) is 6.17. The smallest absolute Gasteiger partial charge is 0.255 e. The Labute approximate surface area is 159 Å². The number of rotatable bonds is 6. The SMILES string of the molecule is CC(C)[C@@H]1C=CCN1Cc1cccc(C(=O)Nc2cccc(C(N)=O)c2)c1. The van der Waals surface area contributed by atoms with Crippen LogP contribution in [0.3, 0.4) is 0 Å². The van der Waals surface area contributed by atoms with Crippen LogP contribution in [-0.4, -0.2) is 29.3 Å². The van der Waals surface area contributed by atoms with Crippen molar-refractivity contribution in [1.29, 1.82) is 0 Å². The molecule has 0 aromatic heterocycles. The van der Waals surface area contributed by atoms with E-state index >= 15 is 0 Å². The highest BCUT2D eigenvalue weighted by Gasteiger charge is 2.22. The molecule has 2 amide bonds. The van der Waals surface area contributed by atoms with Crippen LogP contribution in [0.15, 0.2) is 60.7 Å². The quantitative estimate of drug-likeness (QED) is 0.772. The number of nitrogens with two attached hydrogens (primary N) is 1. The molecule has 1 heterocycles. The lowest BCUT2D eigenvalue weighted by Crippen LogP contribution is -2.33. The Kier molecular flexibility index (Phi) is 5.72. The summed E-state index contributed by atoms with van der Waals surface area (Å²) in [7, 11) is 0. The van der Waals surface area contributed by atoms with Gasteiger partial charge in [0.1, 0.15) is 0 Å². The molecule has 27 heavy (non-hydrogen) atoms. The molecule has 0 fully saturated rings. The summed E-state index contributed by atoms with van der Waals surface area (Å²) < 4.78 is 0. The number of hydrogen-bond acceptors (Lipinski definition) is 3. The Bertz CT molecular complexity index is 873. The molecular formula is C22H25N3O2. The van der Waals surface area contributed by atoms with Crippen LogP contribution in [0, 0.1) is 5.92 Å². The lowest BCUT2D eigenvalue weighted by atomic mass is 10.0. The number of carbonyl (C=O) groups excluding carboxylic acids is 2. The average molecular weight is 363 g/mol. The molecule has 140 valence electrons. The summed E-state index contributed by atoms with van der Waals surface area (Å²) in [4.78, 5) is 26.3. The highest BCUT2D eigenvalue weighted by molar-refractivity contribution is 6.05. The number of nitrogens with one attached hydrogen (secondary N) is 1. The fourth-order valence-electron chi connectivity index (χ4n) is 3.39. The third-order valence-corrected chi connectivity index (χ3v) is 4.76. The van der Waals surface area contributed by atoms with Crippen LogP contribution in [0.25, 0.3) is 0 Å². The molecule has 3 rings (SSSR count). The summed E-state index contributed by atoms with van der Waals surface area (Å²) in [6, 6.07) is 14.7. The first-order valence-corrected chi connectivity index (χ1v) is 9.15. The Morgan fingerprint density at radius 1 is 1.15 bits per heavy atom. The Morgan fingerprint density at radius 2 is 1.89 bits per heavy atom. The van der Waals surface area contributed by atoms with Crippen molar-refractivity contribution in [1.82, 2.24) is 4.90 Å². The first-order valence-electron chi connectivity index (χ1n) is 9.15. The van der Waals surface area contributed by atoms with Gasteiger partial charge in [-0.2, -0.15) is 0 Å². The van der Waals surface area contributed by atoms with Gasteiger partial charge in [0.15, 0.2) is 0 Å². The molecule has 1 atom stereocenters. The molecule has 0 aliphatic carbocycles. The highest BCUT2D eigenvalue weighted by atomic mass is 16.2. The molecule has 0 spiro atoms. The maximum atomic E-state index is 12.6. The predicted molar refractivity (Wildman–Crippen MR) is 108 cm³/mol. The van der Waals surface area contributed by atoms with E-state index in [0.717, 1.165) is 18.7 Å². The first-order chi connectivity index (χ1) is 12.9. The van der Waals surface area contributed by atoms with Crippen molar-refractivity contribution < 1.29 is 9.59 Å². The summed E-state index contributed by atoms with van der Waals surface area (Å²) in [6.07, 6.45) is 4.46. The van der Waals surface area contributed by atoms with Gasteiger partial charge >= 0.3 is 0 Å². The number of primary amides is 1. The number of hydrogen-bond donors (Lipinski definition) is 2. The number of carbonyl (C=O) groups is 2. The van der Waals surface area contributed by atoms with Crippen LogP contribution in [-0.2, 0) is 6.54 Å². The molecule has 2 aromatic rings. The fraction of sp³-hybridized carbons (Fsp3) is 0.273. The van der Waals surface area contributed by atoms with Gasteiger partial charge in [-0.3, -0.25) is 14.5 Å². The molecule has 0 saturated heterocycles. The van der Waals surface area contributed by atoms with Gasteiger partial charge in [0.25, 0.3) is 5.91 Å². The van der Waals surface area contributed by atoms with Gasteiger partial charge < -0.3 is 11.1 Å². The van der Waals surface area contributed by atoms with Gasteiger partial charge in [-0.05, 0) is 41.8 Å². The average Bonchev–Trinajstić information content (AvgIpc) is 3.10. The molecule has 2 aromatic carbocycles. The molecule has 0 radical (unpaired) electrons. The van der Waals surface area contributed by atoms with E-state index in [4.69, 9.17) is 5.73 Å². The zero-order valence-corrected chi connectivity index (χ0v) is 15.7. The Hall–Kier alpha value is -2.92. The second-order valence-corrected chi connectivity index (χ2v) is 7.19.